The Kier molecular flexibility index (Phi) is 4.00. The lowest BCUT2D eigenvalue weighted by Crippen LogP contribution is -2.51. The van der Waals surface area contributed by atoms with Crippen molar-refractivity contribution in [3.63, 3.8) is 0 Å². The van der Waals surface area contributed by atoms with Crippen LogP contribution < -0.4 is 0 Å². The Morgan fingerprint density at radius 3 is 2.33 bits per heavy atom. The molecule has 1 unspecified atom stereocenters. The standard InChI is InChI=1S/C12H24N2O/c1-2-12(10-15)14-7-5-13(6-8-14)9-11-3-4-11/h11-12,15H,2-10H2,1H3. The van der Waals surface area contributed by atoms with Crippen molar-refractivity contribution >= 4 is 0 Å². The second-order valence-electron chi connectivity index (χ2n) is 5.02. The number of piperazine rings is 1. The molecule has 3 heteroatoms. The van der Waals surface area contributed by atoms with Crippen LogP contribution in [0.4, 0.5) is 0 Å². The summed E-state index contributed by atoms with van der Waals surface area (Å²) >= 11 is 0. The Morgan fingerprint density at radius 2 is 1.87 bits per heavy atom. The summed E-state index contributed by atoms with van der Waals surface area (Å²) < 4.78 is 0. The summed E-state index contributed by atoms with van der Waals surface area (Å²) in [7, 11) is 0. The van der Waals surface area contributed by atoms with Gasteiger partial charge in [-0.05, 0) is 25.2 Å². The number of aliphatic hydroxyl groups excluding tert-OH is 1. The van der Waals surface area contributed by atoms with E-state index in [-0.39, 0.29) is 0 Å². The molecule has 3 nitrogen and oxygen atoms in total. The van der Waals surface area contributed by atoms with E-state index in [2.05, 4.69) is 16.7 Å². The van der Waals surface area contributed by atoms with E-state index in [9.17, 15) is 5.11 Å². The van der Waals surface area contributed by atoms with E-state index in [4.69, 9.17) is 0 Å². The molecule has 0 bridgehead atoms. The van der Waals surface area contributed by atoms with Gasteiger partial charge in [0.2, 0.25) is 0 Å². The van der Waals surface area contributed by atoms with Crippen LogP contribution in [-0.4, -0.2) is 60.3 Å². The van der Waals surface area contributed by atoms with E-state index in [1.165, 1.54) is 32.5 Å². The molecule has 1 saturated heterocycles. The molecule has 1 aliphatic carbocycles. The molecule has 1 atom stereocenters. The van der Waals surface area contributed by atoms with Crippen LogP contribution >= 0.6 is 0 Å². The third-order valence-corrected chi connectivity index (χ3v) is 3.82. The van der Waals surface area contributed by atoms with Crippen LogP contribution in [-0.2, 0) is 0 Å². The van der Waals surface area contributed by atoms with Crippen molar-refractivity contribution in [2.75, 3.05) is 39.3 Å². The van der Waals surface area contributed by atoms with E-state index >= 15 is 0 Å². The summed E-state index contributed by atoms with van der Waals surface area (Å²) in [6, 6.07) is 0.396. The Bertz CT molecular complexity index is 182. The lowest BCUT2D eigenvalue weighted by atomic mass is 10.1. The van der Waals surface area contributed by atoms with Gasteiger partial charge < -0.3 is 10.0 Å². The molecule has 88 valence electrons. The molecule has 2 aliphatic rings. The predicted octanol–water partition coefficient (Wildman–Crippen LogP) is 0.785. The molecule has 0 aromatic heterocycles. The van der Waals surface area contributed by atoms with Gasteiger partial charge in [0.25, 0.3) is 0 Å². The molecular weight excluding hydrogens is 188 g/mol. The maximum atomic E-state index is 9.24. The first-order valence-electron chi connectivity index (χ1n) is 6.40. The maximum Gasteiger partial charge on any atom is 0.0586 e. The molecule has 0 amide bonds. The summed E-state index contributed by atoms with van der Waals surface area (Å²) in [5, 5.41) is 9.24. The van der Waals surface area contributed by atoms with Crippen molar-refractivity contribution in [2.24, 2.45) is 5.92 Å². The summed E-state index contributed by atoms with van der Waals surface area (Å²) in [4.78, 5) is 5.04. The minimum Gasteiger partial charge on any atom is -0.395 e. The largest absolute Gasteiger partial charge is 0.395 e. The van der Waals surface area contributed by atoms with Crippen LogP contribution in [0.25, 0.3) is 0 Å². The van der Waals surface area contributed by atoms with Gasteiger partial charge in [-0.15, -0.1) is 0 Å². The number of aliphatic hydroxyl groups is 1. The van der Waals surface area contributed by atoms with Gasteiger partial charge in [0, 0.05) is 38.8 Å². The van der Waals surface area contributed by atoms with Crippen molar-refractivity contribution in [3.05, 3.63) is 0 Å². The third-order valence-electron chi connectivity index (χ3n) is 3.82. The SMILES string of the molecule is CCC(CO)N1CCN(CC2CC2)CC1. The fourth-order valence-corrected chi connectivity index (χ4v) is 2.48. The van der Waals surface area contributed by atoms with E-state index in [1.807, 2.05) is 0 Å². The molecule has 0 aromatic rings. The minimum atomic E-state index is 0.319. The van der Waals surface area contributed by atoms with Gasteiger partial charge >= 0.3 is 0 Å². The highest BCUT2D eigenvalue weighted by atomic mass is 16.3. The quantitative estimate of drug-likeness (QED) is 0.730. The van der Waals surface area contributed by atoms with Crippen molar-refractivity contribution in [1.29, 1.82) is 0 Å². The summed E-state index contributed by atoms with van der Waals surface area (Å²) in [5.41, 5.74) is 0. The van der Waals surface area contributed by atoms with Gasteiger partial charge in [0.15, 0.2) is 0 Å². The molecule has 0 radical (unpaired) electrons. The van der Waals surface area contributed by atoms with Gasteiger partial charge in [-0.1, -0.05) is 6.92 Å². The fraction of sp³-hybridized carbons (Fsp3) is 1.00. The smallest absolute Gasteiger partial charge is 0.0586 e. The molecular formula is C12H24N2O. The van der Waals surface area contributed by atoms with Crippen LogP contribution in [0.2, 0.25) is 0 Å². The number of rotatable bonds is 5. The minimum absolute atomic E-state index is 0.319. The normalized spacial score (nSPS) is 26.8. The number of hydrogen-bond acceptors (Lipinski definition) is 3. The van der Waals surface area contributed by atoms with Gasteiger partial charge in [0.1, 0.15) is 0 Å². The van der Waals surface area contributed by atoms with Crippen LogP contribution in [0.3, 0.4) is 0 Å². The zero-order chi connectivity index (χ0) is 10.7. The van der Waals surface area contributed by atoms with Crippen molar-refractivity contribution in [2.45, 2.75) is 32.2 Å². The highest BCUT2D eigenvalue weighted by Gasteiger charge is 2.27. The monoisotopic (exact) mass is 212 g/mol. The third kappa shape index (κ3) is 3.16. The molecule has 1 aliphatic heterocycles. The first-order valence-corrected chi connectivity index (χ1v) is 6.40. The average molecular weight is 212 g/mol. The molecule has 1 saturated carbocycles. The Balaban J connectivity index is 1.70. The molecule has 0 spiro atoms. The highest BCUT2D eigenvalue weighted by molar-refractivity contribution is 4.82. The van der Waals surface area contributed by atoms with Crippen LogP contribution in [0.15, 0.2) is 0 Å². The Hall–Kier alpha value is -0.120. The van der Waals surface area contributed by atoms with Crippen LogP contribution in [0.5, 0.6) is 0 Å². The van der Waals surface area contributed by atoms with E-state index in [0.29, 0.717) is 12.6 Å². The second kappa shape index (κ2) is 5.28. The van der Waals surface area contributed by atoms with E-state index < -0.39 is 0 Å². The average Bonchev–Trinajstić information content (AvgIpc) is 3.06. The van der Waals surface area contributed by atoms with Crippen molar-refractivity contribution in [3.8, 4) is 0 Å². The Morgan fingerprint density at radius 1 is 1.20 bits per heavy atom. The second-order valence-corrected chi connectivity index (χ2v) is 5.02. The van der Waals surface area contributed by atoms with Gasteiger partial charge in [0.05, 0.1) is 6.61 Å². The van der Waals surface area contributed by atoms with Crippen molar-refractivity contribution < 1.29 is 5.11 Å². The summed E-state index contributed by atoms with van der Waals surface area (Å²) in [6.07, 6.45) is 3.97. The van der Waals surface area contributed by atoms with E-state index in [0.717, 1.165) is 25.4 Å². The van der Waals surface area contributed by atoms with Gasteiger partial charge in [-0.25, -0.2) is 0 Å². The topological polar surface area (TPSA) is 26.7 Å². The van der Waals surface area contributed by atoms with Crippen LogP contribution in [0.1, 0.15) is 26.2 Å². The first-order chi connectivity index (χ1) is 7.33. The molecule has 2 rings (SSSR count). The maximum absolute atomic E-state index is 9.24. The van der Waals surface area contributed by atoms with Crippen LogP contribution in [0, 0.1) is 5.92 Å². The summed E-state index contributed by atoms with van der Waals surface area (Å²) in [6.45, 7) is 8.50. The Labute approximate surface area is 93.1 Å². The van der Waals surface area contributed by atoms with Gasteiger partial charge in [-0.3, -0.25) is 4.90 Å². The number of nitrogens with zero attached hydrogens (tertiary/aromatic N) is 2. The lowest BCUT2D eigenvalue weighted by molar-refractivity contribution is 0.0619. The van der Waals surface area contributed by atoms with Gasteiger partial charge in [-0.2, -0.15) is 0 Å². The molecule has 15 heavy (non-hydrogen) atoms. The molecule has 0 aromatic carbocycles. The van der Waals surface area contributed by atoms with Crippen molar-refractivity contribution in [1.82, 2.24) is 9.80 Å². The highest BCUT2D eigenvalue weighted by Crippen LogP contribution is 2.30. The predicted molar refractivity (Wildman–Crippen MR) is 61.9 cm³/mol. The van der Waals surface area contributed by atoms with E-state index in [1.54, 1.807) is 0 Å². The zero-order valence-electron chi connectivity index (χ0n) is 9.86. The zero-order valence-corrected chi connectivity index (χ0v) is 9.86. The fourth-order valence-electron chi connectivity index (χ4n) is 2.48. The molecule has 2 fully saturated rings. The number of hydrogen-bond donors (Lipinski definition) is 1. The molecule has 1 N–H and O–H groups in total. The lowest BCUT2D eigenvalue weighted by Gasteiger charge is -2.38. The first kappa shape index (κ1) is 11.4. The molecule has 1 heterocycles. The summed E-state index contributed by atoms with van der Waals surface area (Å²) in [5.74, 6) is 1.01.